The molecule has 2 unspecified atom stereocenters. The molecule has 34 heavy (non-hydrogen) atoms. The van der Waals surface area contributed by atoms with Crippen molar-refractivity contribution in [2.24, 2.45) is 5.92 Å². The second kappa shape index (κ2) is 8.75. The van der Waals surface area contributed by atoms with Crippen LogP contribution in [0.1, 0.15) is 12.0 Å². The van der Waals surface area contributed by atoms with Crippen molar-refractivity contribution in [1.82, 2.24) is 4.90 Å². The van der Waals surface area contributed by atoms with Gasteiger partial charge in [0.25, 0.3) is 0 Å². The summed E-state index contributed by atoms with van der Waals surface area (Å²) < 4.78 is 125. The van der Waals surface area contributed by atoms with Gasteiger partial charge in [-0.2, -0.15) is 26.3 Å². The molecule has 3 rings (SSSR count). The molecular weight excluding hydrogens is 495 g/mol. The van der Waals surface area contributed by atoms with E-state index in [1.807, 2.05) is 0 Å². The summed E-state index contributed by atoms with van der Waals surface area (Å²) in [4.78, 5) is 11.3. The minimum Gasteiger partial charge on any atom is -0.465 e. The lowest BCUT2D eigenvalue weighted by Crippen LogP contribution is -2.67. The Hall–Kier alpha value is -2.83. The first-order valence-corrected chi connectivity index (χ1v) is 11.3. The Morgan fingerprint density at radius 2 is 1.50 bits per heavy atom. The van der Waals surface area contributed by atoms with Crippen LogP contribution < -0.4 is 0 Å². The molecule has 13 heteroatoms. The molecule has 1 fully saturated rings. The van der Waals surface area contributed by atoms with Gasteiger partial charge in [-0.3, -0.25) is 0 Å². The molecule has 0 saturated carbocycles. The number of halogens is 7. The number of piperidine rings is 1. The van der Waals surface area contributed by atoms with E-state index in [1.54, 1.807) is 0 Å². The fourth-order valence-electron chi connectivity index (χ4n) is 4.65. The van der Waals surface area contributed by atoms with Crippen molar-refractivity contribution in [2.75, 3.05) is 13.1 Å². The monoisotopic (exact) mass is 513 g/mol. The van der Waals surface area contributed by atoms with Crippen LogP contribution >= 0.6 is 0 Å². The number of nitrogens with zero attached hydrogens (tertiary/aromatic N) is 1. The zero-order valence-electron chi connectivity index (χ0n) is 17.1. The van der Waals surface area contributed by atoms with E-state index >= 15 is 0 Å². The number of likely N-dealkylation sites (tertiary alicyclic amines) is 1. The molecule has 2 atom stereocenters. The molecular formula is C21H18F7NO4S. The highest BCUT2D eigenvalue weighted by atomic mass is 32.2. The highest BCUT2D eigenvalue weighted by molar-refractivity contribution is 7.92. The Balaban J connectivity index is 2.41. The van der Waals surface area contributed by atoms with Gasteiger partial charge < -0.3 is 10.0 Å². The number of rotatable bonds is 4. The number of carboxylic acid groups (broad SMARTS) is 1. The van der Waals surface area contributed by atoms with Gasteiger partial charge in [0.15, 0.2) is 15.8 Å². The van der Waals surface area contributed by atoms with Crippen LogP contribution in [0.4, 0.5) is 35.5 Å². The van der Waals surface area contributed by atoms with Gasteiger partial charge >= 0.3 is 18.4 Å². The normalized spacial score (nSPS) is 22.1. The molecule has 0 bridgehead atoms. The molecule has 1 heterocycles. The summed E-state index contributed by atoms with van der Waals surface area (Å²) in [6.07, 6.45) is -14.6. The van der Waals surface area contributed by atoms with Crippen LogP contribution in [-0.4, -0.2) is 55.2 Å². The SMILES string of the molecule is O=C(O)N1CCC(S(=O)(=O)c2ccc(F)cc2)C(c2ccccc2)(C(C(F)(F)F)C(F)(F)F)C1. The summed E-state index contributed by atoms with van der Waals surface area (Å²) in [5.74, 6) is -5.07. The van der Waals surface area contributed by atoms with Crippen LogP contribution in [0, 0.1) is 11.7 Å². The predicted molar refractivity (Wildman–Crippen MR) is 105 cm³/mol. The fourth-order valence-corrected chi connectivity index (χ4v) is 6.81. The van der Waals surface area contributed by atoms with Gasteiger partial charge in [-0.05, 0) is 36.2 Å². The standard InChI is InChI=1S/C21H18F7NO4S/c22-14-6-8-15(9-7-14)34(32,33)16-10-11-29(18(30)31)12-19(16,13-4-2-1-3-5-13)17(20(23,24)25)21(26,27)28/h1-9,16-17H,10-12H2,(H,30,31). The molecule has 5 nitrogen and oxygen atoms in total. The summed E-state index contributed by atoms with van der Waals surface area (Å²) in [6.45, 7) is -1.99. The number of carbonyl (C=O) groups is 1. The lowest BCUT2D eigenvalue weighted by atomic mass is 9.64. The van der Waals surface area contributed by atoms with Crippen molar-refractivity contribution in [3.05, 3.63) is 66.0 Å². The minimum absolute atomic E-state index is 0.355. The Morgan fingerprint density at radius 1 is 0.971 bits per heavy atom. The van der Waals surface area contributed by atoms with E-state index in [4.69, 9.17) is 0 Å². The van der Waals surface area contributed by atoms with E-state index in [1.165, 1.54) is 6.07 Å². The van der Waals surface area contributed by atoms with E-state index in [2.05, 4.69) is 0 Å². The van der Waals surface area contributed by atoms with Crippen LogP contribution in [0.15, 0.2) is 59.5 Å². The summed E-state index contributed by atoms with van der Waals surface area (Å²) in [5.41, 5.74) is -3.90. The molecule has 1 N–H and O–H groups in total. The van der Waals surface area contributed by atoms with E-state index in [9.17, 15) is 49.1 Å². The predicted octanol–water partition coefficient (Wildman–Crippen LogP) is 5.03. The zero-order valence-corrected chi connectivity index (χ0v) is 18.0. The third-order valence-electron chi connectivity index (χ3n) is 5.96. The number of sulfone groups is 1. The molecule has 2 aromatic rings. The van der Waals surface area contributed by atoms with Crippen molar-refractivity contribution in [1.29, 1.82) is 0 Å². The summed E-state index contributed by atoms with van der Waals surface area (Å²) in [5, 5.41) is 7.09. The molecule has 2 aromatic carbocycles. The summed E-state index contributed by atoms with van der Waals surface area (Å²) in [6, 6.07) is 8.37. The number of benzene rings is 2. The number of alkyl halides is 6. The molecule has 1 aliphatic rings. The molecule has 1 amide bonds. The third-order valence-corrected chi connectivity index (χ3v) is 8.29. The molecule has 186 valence electrons. The van der Waals surface area contributed by atoms with Crippen molar-refractivity contribution in [3.63, 3.8) is 0 Å². The van der Waals surface area contributed by atoms with Crippen molar-refractivity contribution in [3.8, 4) is 0 Å². The van der Waals surface area contributed by atoms with Crippen molar-refractivity contribution in [2.45, 2.75) is 34.3 Å². The Kier molecular flexibility index (Phi) is 6.64. The average Bonchev–Trinajstić information content (AvgIpc) is 2.72. The maximum Gasteiger partial charge on any atom is 0.407 e. The van der Waals surface area contributed by atoms with Crippen LogP contribution in [0.2, 0.25) is 0 Å². The van der Waals surface area contributed by atoms with Crippen LogP contribution in [0.3, 0.4) is 0 Å². The highest BCUT2D eigenvalue weighted by Crippen LogP contribution is 2.56. The van der Waals surface area contributed by atoms with Gasteiger partial charge in [0.05, 0.1) is 15.6 Å². The molecule has 0 radical (unpaired) electrons. The Bertz CT molecular complexity index is 1120. The highest BCUT2D eigenvalue weighted by Gasteiger charge is 2.71. The van der Waals surface area contributed by atoms with Crippen LogP contribution in [0.5, 0.6) is 0 Å². The molecule has 1 saturated heterocycles. The zero-order chi connectivity index (χ0) is 25.5. The van der Waals surface area contributed by atoms with E-state index < -0.39 is 80.7 Å². The molecule has 0 spiro atoms. The van der Waals surface area contributed by atoms with Crippen molar-refractivity contribution >= 4 is 15.9 Å². The number of amides is 1. The lowest BCUT2D eigenvalue weighted by Gasteiger charge is -2.51. The summed E-state index contributed by atoms with van der Waals surface area (Å²) in [7, 11) is -4.94. The van der Waals surface area contributed by atoms with Crippen LogP contribution in [0.25, 0.3) is 0 Å². The van der Waals surface area contributed by atoms with Gasteiger partial charge in [0, 0.05) is 13.1 Å². The molecule has 0 aromatic heterocycles. The number of hydrogen-bond acceptors (Lipinski definition) is 3. The average molecular weight is 513 g/mol. The minimum atomic E-state index is -5.98. The summed E-state index contributed by atoms with van der Waals surface area (Å²) >= 11 is 0. The first kappa shape index (κ1) is 25.8. The van der Waals surface area contributed by atoms with Gasteiger partial charge in [-0.15, -0.1) is 0 Å². The lowest BCUT2D eigenvalue weighted by molar-refractivity contribution is -0.306. The maximum absolute atomic E-state index is 14.1. The Morgan fingerprint density at radius 3 is 1.97 bits per heavy atom. The first-order valence-electron chi connectivity index (χ1n) is 9.78. The largest absolute Gasteiger partial charge is 0.465 e. The molecule has 0 aliphatic carbocycles. The maximum atomic E-state index is 14.1. The fraction of sp³-hybridized carbons (Fsp3) is 0.381. The number of hydrogen-bond donors (Lipinski definition) is 1. The van der Waals surface area contributed by atoms with Gasteiger partial charge in [-0.1, -0.05) is 30.3 Å². The first-order chi connectivity index (χ1) is 15.6. The Labute approximate surface area is 189 Å². The third kappa shape index (κ3) is 4.57. The smallest absolute Gasteiger partial charge is 0.407 e. The van der Waals surface area contributed by atoms with E-state index in [0.717, 1.165) is 36.4 Å². The van der Waals surface area contributed by atoms with E-state index in [-0.39, 0.29) is 0 Å². The molecule has 1 aliphatic heterocycles. The second-order valence-electron chi connectivity index (χ2n) is 7.90. The van der Waals surface area contributed by atoms with Gasteiger partial charge in [0.1, 0.15) is 5.82 Å². The topological polar surface area (TPSA) is 74.7 Å². The quantitative estimate of drug-likeness (QED) is 0.460. The van der Waals surface area contributed by atoms with Gasteiger partial charge in [0.2, 0.25) is 0 Å². The van der Waals surface area contributed by atoms with Gasteiger partial charge in [-0.25, -0.2) is 17.6 Å². The van der Waals surface area contributed by atoms with Crippen LogP contribution in [-0.2, 0) is 15.3 Å². The van der Waals surface area contributed by atoms with E-state index in [0.29, 0.717) is 17.0 Å². The van der Waals surface area contributed by atoms with Crippen molar-refractivity contribution < 1.29 is 49.1 Å². The second-order valence-corrected chi connectivity index (χ2v) is 10.0.